The zero-order valence-corrected chi connectivity index (χ0v) is 15.4. The number of nitrogens with zero attached hydrogens (tertiary/aromatic N) is 1. The minimum atomic E-state index is -0.0226. The van der Waals surface area contributed by atoms with Gasteiger partial charge in [0.15, 0.2) is 0 Å². The second-order valence-corrected chi connectivity index (χ2v) is 6.58. The van der Waals surface area contributed by atoms with Gasteiger partial charge in [-0.3, -0.25) is 9.69 Å². The fraction of sp³-hybridized carbons (Fsp3) is 0.316. The largest absolute Gasteiger partial charge is 0.496 e. The highest BCUT2D eigenvalue weighted by molar-refractivity contribution is 7.98. The summed E-state index contributed by atoms with van der Waals surface area (Å²) in [7, 11) is 3.60. The molecule has 0 saturated carbocycles. The Kier molecular flexibility index (Phi) is 6.70. The van der Waals surface area contributed by atoms with Crippen molar-refractivity contribution in [2.24, 2.45) is 0 Å². The molecule has 0 radical (unpaired) electrons. The molecule has 5 heteroatoms. The SMILES string of the molecule is COc1ccc(C)cc1CN(C)CC(=O)Nc1ccccc1SC. The van der Waals surface area contributed by atoms with Crippen LogP contribution >= 0.6 is 11.8 Å². The number of carbonyl (C=O) groups excluding carboxylic acids is 1. The number of methoxy groups -OCH3 is 1. The minimum absolute atomic E-state index is 0.0226. The Bertz CT molecular complexity index is 704. The molecule has 0 saturated heterocycles. The van der Waals surface area contributed by atoms with Crippen LogP contribution in [0.2, 0.25) is 0 Å². The number of likely N-dealkylation sites (N-methyl/N-ethyl adjacent to an activating group) is 1. The molecule has 2 rings (SSSR count). The molecule has 4 nitrogen and oxygen atoms in total. The van der Waals surface area contributed by atoms with E-state index < -0.39 is 0 Å². The van der Waals surface area contributed by atoms with Crippen molar-refractivity contribution in [1.82, 2.24) is 4.90 Å². The average Bonchev–Trinajstić information content (AvgIpc) is 2.55. The number of hydrogen-bond acceptors (Lipinski definition) is 4. The zero-order valence-electron chi connectivity index (χ0n) is 14.6. The maximum absolute atomic E-state index is 12.3. The van der Waals surface area contributed by atoms with E-state index >= 15 is 0 Å². The highest BCUT2D eigenvalue weighted by Crippen LogP contribution is 2.24. The number of carbonyl (C=O) groups is 1. The lowest BCUT2D eigenvalue weighted by molar-refractivity contribution is -0.117. The smallest absolute Gasteiger partial charge is 0.238 e. The van der Waals surface area contributed by atoms with Gasteiger partial charge in [0.25, 0.3) is 0 Å². The summed E-state index contributed by atoms with van der Waals surface area (Å²) >= 11 is 1.62. The van der Waals surface area contributed by atoms with Gasteiger partial charge in [0.05, 0.1) is 19.3 Å². The Labute approximate surface area is 148 Å². The lowest BCUT2D eigenvalue weighted by Gasteiger charge is -2.19. The lowest BCUT2D eigenvalue weighted by atomic mass is 10.1. The maximum atomic E-state index is 12.3. The van der Waals surface area contributed by atoms with Crippen molar-refractivity contribution in [1.29, 1.82) is 0 Å². The van der Waals surface area contributed by atoms with Gasteiger partial charge in [0.1, 0.15) is 5.75 Å². The highest BCUT2D eigenvalue weighted by atomic mass is 32.2. The summed E-state index contributed by atoms with van der Waals surface area (Å²) in [6.07, 6.45) is 2.00. The first-order valence-electron chi connectivity index (χ1n) is 7.78. The first kappa shape index (κ1) is 18.4. The van der Waals surface area contributed by atoms with Crippen molar-refractivity contribution in [3.63, 3.8) is 0 Å². The van der Waals surface area contributed by atoms with Crippen LogP contribution in [0.15, 0.2) is 47.4 Å². The molecule has 2 aromatic rings. The number of rotatable bonds is 7. The van der Waals surface area contributed by atoms with Crippen molar-refractivity contribution in [2.75, 3.05) is 32.3 Å². The molecule has 0 aliphatic carbocycles. The summed E-state index contributed by atoms with van der Waals surface area (Å²) in [6, 6.07) is 13.9. The highest BCUT2D eigenvalue weighted by Gasteiger charge is 2.12. The molecule has 0 fully saturated rings. The van der Waals surface area contributed by atoms with Crippen LogP contribution in [-0.4, -0.2) is 37.8 Å². The van der Waals surface area contributed by atoms with E-state index in [-0.39, 0.29) is 5.91 Å². The molecule has 0 aliphatic heterocycles. The standard InChI is InChI=1S/C19H24N2O2S/c1-14-9-10-17(23-3)15(11-14)12-21(2)13-19(22)20-16-7-5-6-8-18(16)24-4/h5-11H,12-13H2,1-4H3,(H,20,22). The average molecular weight is 344 g/mol. The number of hydrogen-bond donors (Lipinski definition) is 1. The number of benzene rings is 2. The minimum Gasteiger partial charge on any atom is -0.496 e. The topological polar surface area (TPSA) is 41.6 Å². The predicted molar refractivity (Wildman–Crippen MR) is 101 cm³/mol. The van der Waals surface area contributed by atoms with Crippen LogP contribution in [0.3, 0.4) is 0 Å². The van der Waals surface area contributed by atoms with Crippen LogP contribution in [0.4, 0.5) is 5.69 Å². The van der Waals surface area contributed by atoms with Crippen LogP contribution in [0.5, 0.6) is 5.75 Å². The van der Waals surface area contributed by atoms with Gasteiger partial charge in [-0.15, -0.1) is 11.8 Å². The second-order valence-electron chi connectivity index (χ2n) is 5.74. The van der Waals surface area contributed by atoms with E-state index in [9.17, 15) is 4.79 Å². The van der Waals surface area contributed by atoms with E-state index in [2.05, 4.69) is 18.3 Å². The van der Waals surface area contributed by atoms with E-state index in [1.807, 2.05) is 54.6 Å². The van der Waals surface area contributed by atoms with Crippen molar-refractivity contribution in [3.8, 4) is 5.75 Å². The first-order valence-corrected chi connectivity index (χ1v) is 9.01. The molecule has 0 spiro atoms. The zero-order chi connectivity index (χ0) is 17.5. The quantitative estimate of drug-likeness (QED) is 0.776. The predicted octanol–water partition coefficient (Wildman–Crippen LogP) is 3.80. The maximum Gasteiger partial charge on any atom is 0.238 e. The monoisotopic (exact) mass is 344 g/mol. The molecule has 2 aromatic carbocycles. The fourth-order valence-electron chi connectivity index (χ4n) is 2.56. The Morgan fingerprint density at radius 3 is 2.71 bits per heavy atom. The lowest BCUT2D eigenvalue weighted by Crippen LogP contribution is -2.30. The number of thioether (sulfide) groups is 1. The van der Waals surface area contributed by atoms with E-state index in [1.165, 1.54) is 5.56 Å². The molecule has 24 heavy (non-hydrogen) atoms. The molecule has 0 heterocycles. The molecule has 0 bridgehead atoms. The van der Waals surface area contributed by atoms with Crippen molar-refractivity contribution >= 4 is 23.4 Å². The van der Waals surface area contributed by atoms with Gasteiger partial charge < -0.3 is 10.1 Å². The molecule has 0 aromatic heterocycles. The fourth-order valence-corrected chi connectivity index (χ4v) is 3.11. The normalized spacial score (nSPS) is 10.7. The van der Waals surface area contributed by atoms with Crippen molar-refractivity contribution in [3.05, 3.63) is 53.6 Å². The van der Waals surface area contributed by atoms with Crippen LogP contribution in [0, 0.1) is 6.92 Å². The summed E-state index contributed by atoms with van der Waals surface area (Å²) in [6.45, 7) is 3.03. The first-order chi connectivity index (χ1) is 11.5. The number of nitrogens with one attached hydrogen (secondary N) is 1. The Hall–Kier alpha value is -1.98. The molecule has 0 aliphatic rings. The van der Waals surface area contributed by atoms with Crippen LogP contribution in [0.1, 0.15) is 11.1 Å². The van der Waals surface area contributed by atoms with Crippen molar-refractivity contribution < 1.29 is 9.53 Å². The third-order valence-electron chi connectivity index (χ3n) is 3.67. The summed E-state index contributed by atoms with van der Waals surface area (Å²) in [5.74, 6) is 0.825. The second kappa shape index (κ2) is 8.76. The molecule has 1 amide bonds. The number of anilines is 1. The van der Waals surface area contributed by atoms with Gasteiger partial charge in [-0.25, -0.2) is 0 Å². The number of para-hydroxylation sites is 1. The third-order valence-corrected chi connectivity index (χ3v) is 4.47. The molecular weight excluding hydrogens is 320 g/mol. The van der Waals surface area contributed by atoms with E-state index in [1.54, 1.807) is 18.9 Å². The summed E-state index contributed by atoms with van der Waals surface area (Å²) < 4.78 is 5.40. The van der Waals surface area contributed by atoms with Crippen LogP contribution in [-0.2, 0) is 11.3 Å². The molecule has 0 unspecified atom stereocenters. The van der Waals surface area contributed by atoms with Gasteiger partial charge in [0, 0.05) is 17.0 Å². The number of amides is 1. The Balaban J connectivity index is 1.98. The summed E-state index contributed by atoms with van der Waals surface area (Å²) in [5, 5.41) is 2.99. The Morgan fingerprint density at radius 2 is 2.00 bits per heavy atom. The Morgan fingerprint density at radius 1 is 1.25 bits per heavy atom. The van der Waals surface area contributed by atoms with E-state index in [0.717, 1.165) is 21.9 Å². The van der Waals surface area contributed by atoms with Crippen molar-refractivity contribution in [2.45, 2.75) is 18.4 Å². The van der Waals surface area contributed by atoms with Gasteiger partial charge >= 0.3 is 0 Å². The van der Waals surface area contributed by atoms with Gasteiger partial charge in [-0.1, -0.05) is 29.8 Å². The van der Waals surface area contributed by atoms with E-state index in [4.69, 9.17) is 4.74 Å². The van der Waals surface area contributed by atoms with Crippen LogP contribution < -0.4 is 10.1 Å². The number of aryl methyl sites for hydroxylation is 1. The molecule has 1 N–H and O–H groups in total. The molecule has 128 valence electrons. The van der Waals surface area contributed by atoms with Crippen LogP contribution in [0.25, 0.3) is 0 Å². The van der Waals surface area contributed by atoms with E-state index in [0.29, 0.717) is 13.1 Å². The van der Waals surface area contributed by atoms with Gasteiger partial charge in [0.2, 0.25) is 5.91 Å². The van der Waals surface area contributed by atoms with Gasteiger partial charge in [-0.05, 0) is 38.4 Å². The summed E-state index contributed by atoms with van der Waals surface area (Å²) in [5.41, 5.74) is 3.12. The number of ether oxygens (including phenoxy) is 1. The summed E-state index contributed by atoms with van der Waals surface area (Å²) in [4.78, 5) is 15.4. The molecular formula is C19H24N2O2S. The molecule has 0 atom stereocenters. The van der Waals surface area contributed by atoms with Gasteiger partial charge in [-0.2, -0.15) is 0 Å². The third kappa shape index (κ3) is 5.01.